The van der Waals surface area contributed by atoms with E-state index in [1.807, 2.05) is 36.5 Å². The van der Waals surface area contributed by atoms with E-state index in [0.29, 0.717) is 30.6 Å². The van der Waals surface area contributed by atoms with Crippen LogP contribution >= 0.6 is 0 Å². The van der Waals surface area contributed by atoms with Crippen molar-refractivity contribution in [3.05, 3.63) is 42.7 Å². The van der Waals surface area contributed by atoms with Crippen LogP contribution in [0.2, 0.25) is 0 Å². The second-order valence-electron chi connectivity index (χ2n) is 6.14. The van der Waals surface area contributed by atoms with Crippen molar-refractivity contribution in [2.24, 2.45) is 4.99 Å². The SMILES string of the molecule is COc1cc(OC)cc(OCCCCCCN=C(NC#N)Nc2ccncc2)c1. The molecule has 0 aliphatic heterocycles. The molecule has 8 nitrogen and oxygen atoms in total. The molecule has 0 aliphatic carbocycles. The maximum atomic E-state index is 8.85. The first-order valence-corrected chi connectivity index (χ1v) is 9.47. The molecule has 1 aromatic carbocycles. The molecule has 2 N–H and O–H groups in total. The van der Waals surface area contributed by atoms with Gasteiger partial charge in [0.15, 0.2) is 6.19 Å². The van der Waals surface area contributed by atoms with Crippen molar-refractivity contribution in [3.63, 3.8) is 0 Å². The van der Waals surface area contributed by atoms with Crippen molar-refractivity contribution in [2.75, 3.05) is 32.7 Å². The topological polar surface area (TPSA) is 101 Å². The summed E-state index contributed by atoms with van der Waals surface area (Å²) in [4.78, 5) is 8.36. The van der Waals surface area contributed by atoms with Crippen LogP contribution in [0.25, 0.3) is 0 Å². The number of guanidine groups is 1. The molecule has 0 saturated carbocycles. The van der Waals surface area contributed by atoms with E-state index in [4.69, 9.17) is 19.5 Å². The molecule has 0 radical (unpaired) electrons. The van der Waals surface area contributed by atoms with E-state index in [-0.39, 0.29) is 0 Å². The second kappa shape index (κ2) is 12.8. The fourth-order valence-corrected chi connectivity index (χ4v) is 2.55. The maximum absolute atomic E-state index is 8.85. The number of aliphatic imine (C=N–C) groups is 1. The Hall–Kier alpha value is -3.47. The molecule has 0 unspecified atom stereocenters. The van der Waals surface area contributed by atoms with Gasteiger partial charge in [-0.1, -0.05) is 6.42 Å². The highest BCUT2D eigenvalue weighted by Crippen LogP contribution is 2.27. The van der Waals surface area contributed by atoms with E-state index < -0.39 is 0 Å². The number of ether oxygens (including phenoxy) is 3. The van der Waals surface area contributed by atoms with Crippen LogP contribution in [0.1, 0.15) is 25.7 Å². The van der Waals surface area contributed by atoms with Crippen LogP contribution in [0, 0.1) is 11.5 Å². The van der Waals surface area contributed by atoms with Crippen LogP contribution < -0.4 is 24.8 Å². The number of benzene rings is 1. The zero-order valence-electron chi connectivity index (χ0n) is 16.9. The predicted octanol–water partition coefficient (Wildman–Crippen LogP) is 3.58. The van der Waals surface area contributed by atoms with Crippen molar-refractivity contribution in [2.45, 2.75) is 25.7 Å². The third-order valence-corrected chi connectivity index (χ3v) is 4.03. The normalized spacial score (nSPS) is 10.7. The van der Waals surface area contributed by atoms with Gasteiger partial charge in [-0.15, -0.1) is 0 Å². The van der Waals surface area contributed by atoms with Crippen molar-refractivity contribution in [1.82, 2.24) is 10.3 Å². The highest BCUT2D eigenvalue weighted by atomic mass is 16.5. The van der Waals surface area contributed by atoms with Crippen LogP contribution in [0.15, 0.2) is 47.7 Å². The number of aromatic nitrogens is 1. The van der Waals surface area contributed by atoms with E-state index >= 15 is 0 Å². The summed E-state index contributed by atoms with van der Waals surface area (Å²) in [6.07, 6.45) is 9.20. The third kappa shape index (κ3) is 8.39. The van der Waals surface area contributed by atoms with Crippen LogP contribution in [0.3, 0.4) is 0 Å². The van der Waals surface area contributed by atoms with Crippen LogP contribution in [0.5, 0.6) is 17.2 Å². The van der Waals surface area contributed by atoms with Gasteiger partial charge in [0.1, 0.15) is 17.2 Å². The predicted molar refractivity (Wildman–Crippen MR) is 112 cm³/mol. The number of pyridine rings is 1. The molecule has 8 heteroatoms. The first-order chi connectivity index (χ1) is 14.2. The van der Waals surface area contributed by atoms with Gasteiger partial charge in [0.05, 0.1) is 20.8 Å². The molecule has 2 rings (SSSR count). The van der Waals surface area contributed by atoms with Crippen LogP contribution in [0.4, 0.5) is 5.69 Å². The molecule has 0 saturated heterocycles. The van der Waals surface area contributed by atoms with Crippen molar-refractivity contribution in [3.8, 4) is 23.4 Å². The Labute approximate surface area is 171 Å². The van der Waals surface area contributed by atoms with Gasteiger partial charge in [0, 0.05) is 42.8 Å². The number of methoxy groups -OCH3 is 2. The summed E-state index contributed by atoms with van der Waals surface area (Å²) in [6.45, 7) is 1.26. The molecule has 29 heavy (non-hydrogen) atoms. The minimum atomic E-state index is 0.439. The summed E-state index contributed by atoms with van der Waals surface area (Å²) in [5.41, 5.74) is 0.827. The maximum Gasteiger partial charge on any atom is 0.209 e. The van der Waals surface area contributed by atoms with Crippen molar-refractivity contribution >= 4 is 11.6 Å². The minimum Gasteiger partial charge on any atom is -0.496 e. The number of nitrogens with one attached hydrogen (secondary N) is 2. The Bertz CT molecular complexity index is 783. The number of nitriles is 1. The molecule has 0 amide bonds. The zero-order valence-corrected chi connectivity index (χ0v) is 16.9. The van der Waals surface area contributed by atoms with Gasteiger partial charge in [-0.3, -0.25) is 15.3 Å². The smallest absolute Gasteiger partial charge is 0.209 e. The fraction of sp³-hybridized carbons (Fsp3) is 0.381. The molecular formula is C21H27N5O3. The first kappa shape index (κ1) is 21.8. The third-order valence-electron chi connectivity index (χ3n) is 4.03. The lowest BCUT2D eigenvalue weighted by molar-refractivity contribution is 0.299. The van der Waals surface area contributed by atoms with Gasteiger partial charge in [-0.25, -0.2) is 0 Å². The Morgan fingerprint density at radius 2 is 1.66 bits per heavy atom. The quantitative estimate of drug-likeness (QED) is 0.196. The first-order valence-electron chi connectivity index (χ1n) is 9.47. The highest BCUT2D eigenvalue weighted by Gasteiger charge is 2.03. The zero-order chi connectivity index (χ0) is 20.7. The average Bonchev–Trinajstić information content (AvgIpc) is 2.76. The lowest BCUT2D eigenvalue weighted by Crippen LogP contribution is -2.27. The monoisotopic (exact) mass is 397 g/mol. The standard InChI is InChI=1S/C21H27N5O3/c1-27-18-13-19(28-2)15-20(14-18)29-12-6-4-3-5-9-24-21(25-16-22)26-17-7-10-23-11-8-17/h7-8,10-11,13-15H,3-6,9,12H2,1-2H3,(H2,23,24,25,26). The van der Waals surface area contributed by atoms with Gasteiger partial charge in [-0.05, 0) is 31.4 Å². The molecular weight excluding hydrogens is 370 g/mol. The van der Waals surface area contributed by atoms with Gasteiger partial charge in [0.2, 0.25) is 5.96 Å². The number of anilines is 1. The molecule has 1 aromatic heterocycles. The summed E-state index contributed by atoms with van der Waals surface area (Å²) in [6, 6.07) is 9.12. The Morgan fingerprint density at radius 3 is 2.31 bits per heavy atom. The molecule has 0 atom stereocenters. The molecule has 154 valence electrons. The van der Waals surface area contributed by atoms with Crippen molar-refractivity contribution in [1.29, 1.82) is 5.26 Å². The molecule has 0 spiro atoms. The van der Waals surface area contributed by atoms with Gasteiger partial charge in [-0.2, -0.15) is 5.26 Å². The number of rotatable bonds is 11. The second-order valence-corrected chi connectivity index (χ2v) is 6.14. The number of hydrogen-bond donors (Lipinski definition) is 2. The largest absolute Gasteiger partial charge is 0.496 e. The molecule has 0 aliphatic rings. The van der Waals surface area contributed by atoms with E-state index in [9.17, 15) is 0 Å². The number of unbranched alkanes of at least 4 members (excludes halogenated alkanes) is 3. The summed E-state index contributed by atoms with van der Waals surface area (Å²) >= 11 is 0. The molecule has 2 aromatic rings. The lowest BCUT2D eigenvalue weighted by Gasteiger charge is -2.10. The van der Waals surface area contributed by atoms with Crippen LogP contribution in [-0.4, -0.2) is 38.3 Å². The summed E-state index contributed by atoms with van der Waals surface area (Å²) in [5, 5.41) is 14.5. The minimum absolute atomic E-state index is 0.439. The van der Waals surface area contributed by atoms with E-state index in [2.05, 4.69) is 20.6 Å². The Kier molecular flexibility index (Phi) is 9.66. The van der Waals surface area contributed by atoms with Crippen LogP contribution in [-0.2, 0) is 0 Å². The Morgan fingerprint density at radius 1 is 1.00 bits per heavy atom. The lowest BCUT2D eigenvalue weighted by atomic mass is 10.2. The fourth-order valence-electron chi connectivity index (χ4n) is 2.55. The Balaban J connectivity index is 1.65. The van der Waals surface area contributed by atoms with Gasteiger partial charge >= 0.3 is 0 Å². The number of nitrogens with zero attached hydrogens (tertiary/aromatic N) is 3. The van der Waals surface area contributed by atoms with E-state index in [0.717, 1.165) is 37.1 Å². The molecule has 1 heterocycles. The van der Waals surface area contributed by atoms with E-state index in [1.165, 1.54) is 0 Å². The van der Waals surface area contributed by atoms with Crippen molar-refractivity contribution < 1.29 is 14.2 Å². The van der Waals surface area contributed by atoms with E-state index in [1.54, 1.807) is 26.6 Å². The highest BCUT2D eigenvalue weighted by molar-refractivity contribution is 5.94. The summed E-state index contributed by atoms with van der Waals surface area (Å²) in [5.74, 6) is 2.59. The molecule has 0 bridgehead atoms. The summed E-state index contributed by atoms with van der Waals surface area (Å²) in [7, 11) is 3.23. The number of hydrogen-bond acceptors (Lipinski definition) is 6. The van der Waals surface area contributed by atoms with Gasteiger partial charge < -0.3 is 19.5 Å². The molecule has 0 fully saturated rings. The van der Waals surface area contributed by atoms with Gasteiger partial charge in [0.25, 0.3) is 0 Å². The average molecular weight is 397 g/mol. The summed E-state index contributed by atoms with van der Waals surface area (Å²) < 4.78 is 16.3.